The number of likely N-dealkylation sites (tertiary alicyclic amines) is 1. The van der Waals surface area contributed by atoms with Crippen LogP contribution in [0.25, 0.3) is 5.76 Å². The number of morpholine rings is 1. The molecule has 41 heavy (non-hydrogen) atoms. The van der Waals surface area contributed by atoms with E-state index in [-0.39, 0.29) is 11.3 Å². The Morgan fingerprint density at radius 3 is 2.46 bits per heavy atom. The van der Waals surface area contributed by atoms with Gasteiger partial charge in [-0.25, -0.2) is 0 Å². The molecule has 0 aliphatic carbocycles. The van der Waals surface area contributed by atoms with Gasteiger partial charge in [0, 0.05) is 41.8 Å². The van der Waals surface area contributed by atoms with Gasteiger partial charge in [0.2, 0.25) is 0 Å². The second kappa shape index (κ2) is 13.1. The molecular weight excluding hydrogens is 563 g/mol. The van der Waals surface area contributed by atoms with Crippen LogP contribution in [-0.4, -0.2) is 66.0 Å². The summed E-state index contributed by atoms with van der Waals surface area (Å²) in [5.41, 5.74) is 2.71. The molecule has 0 bridgehead atoms. The maximum absolute atomic E-state index is 13.5. The summed E-state index contributed by atoms with van der Waals surface area (Å²) in [6, 6.07) is 19.2. The minimum atomic E-state index is -0.849. The quantitative estimate of drug-likeness (QED) is 0.185. The lowest BCUT2D eigenvalue weighted by Gasteiger charge is -2.29. The Morgan fingerprint density at radius 2 is 1.76 bits per heavy atom. The van der Waals surface area contributed by atoms with Crippen molar-refractivity contribution in [2.75, 3.05) is 39.4 Å². The average Bonchev–Trinajstić information content (AvgIpc) is 3.22. The van der Waals surface area contributed by atoms with Crippen LogP contribution in [0.4, 0.5) is 0 Å². The predicted molar refractivity (Wildman–Crippen MR) is 159 cm³/mol. The van der Waals surface area contributed by atoms with Crippen LogP contribution in [0.5, 0.6) is 5.75 Å². The first-order valence-corrected chi connectivity index (χ1v) is 14.4. The first-order valence-electron chi connectivity index (χ1n) is 13.6. The summed E-state index contributed by atoms with van der Waals surface area (Å²) in [5, 5.41) is 12.3. The van der Waals surface area contributed by atoms with E-state index in [0.29, 0.717) is 65.3 Å². The van der Waals surface area contributed by atoms with Gasteiger partial charge in [0.15, 0.2) is 0 Å². The molecule has 3 aromatic rings. The van der Waals surface area contributed by atoms with Crippen LogP contribution in [0, 0.1) is 6.92 Å². The summed E-state index contributed by atoms with van der Waals surface area (Å²) in [6.07, 6.45) is 0.654. The Balaban J connectivity index is 1.45. The number of ether oxygens (including phenoxy) is 2. The highest BCUT2D eigenvalue weighted by atomic mass is 35.5. The van der Waals surface area contributed by atoms with Crippen molar-refractivity contribution in [3.05, 3.63) is 105 Å². The number of carbonyl (C=O) groups excluding carboxylic acids is 2. The number of ketones is 1. The monoisotopic (exact) mass is 594 g/mol. The van der Waals surface area contributed by atoms with Crippen LogP contribution in [-0.2, 0) is 20.9 Å². The summed E-state index contributed by atoms with van der Waals surface area (Å²) in [6.45, 7) is 6.33. The molecule has 9 heteroatoms. The molecule has 2 heterocycles. The van der Waals surface area contributed by atoms with E-state index in [1.54, 1.807) is 36.4 Å². The summed E-state index contributed by atoms with van der Waals surface area (Å²) in [7, 11) is 0. The molecule has 1 atom stereocenters. The van der Waals surface area contributed by atoms with Crippen LogP contribution in [0.2, 0.25) is 10.0 Å². The molecule has 2 fully saturated rings. The van der Waals surface area contributed by atoms with Crippen molar-refractivity contribution in [3.8, 4) is 5.75 Å². The second-order valence-electron chi connectivity index (χ2n) is 10.2. The maximum Gasteiger partial charge on any atom is 0.295 e. The van der Waals surface area contributed by atoms with Gasteiger partial charge >= 0.3 is 0 Å². The highest BCUT2D eigenvalue weighted by Gasteiger charge is 2.46. The Labute approximate surface area is 249 Å². The van der Waals surface area contributed by atoms with Gasteiger partial charge in [0.25, 0.3) is 11.7 Å². The zero-order valence-corrected chi connectivity index (χ0v) is 24.3. The molecule has 1 unspecified atom stereocenters. The van der Waals surface area contributed by atoms with Gasteiger partial charge in [-0.2, -0.15) is 0 Å². The Morgan fingerprint density at radius 1 is 1.00 bits per heavy atom. The number of hydrogen-bond acceptors (Lipinski definition) is 6. The molecule has 2 aliphatic heterocycles. The molecule has 0 radical (unpaired) electrons. The number of Topliss-reactive ketones (excluding diaryl/α,β-unsaturated/α-hetero) is 1. The number of nitrogens with zero attached hydrogens (tertiary/aromatic N) is 2. The molecule has 0 spiro atoms. The summed E-state index contributed by atoms with van der Waals surface area (Å²) in [4.78, 5) is 30.6. The van der Waals surface area contributed by atoms with Gasteiger partial charge in [0.05, 0.1) is 24.8 Å². The van der Waals surface area contributed by atoms with Gasteiger partial charge < -0.3 is 19.5 Å². The molecule has 2 saturated heterocycles. The van der Waals surface area contributed by atoms with Crippen LogP contribution >= 0.6 is 23.2 Å². The topological polar surface area (TPSA) is 79.3 Å². The molecule has 0 aromatic heterocycles. The normalized spacial score (nSPS) is 19.1. The average molecular weight is 596 g/mol. The number of aliphatic hydroxyl groups excluding tert-OH is 1. The van der Waals surface area contributed by atoms with Gasteiger partial charge in [-0.15, -0.1) is 0 Å². The second-order valence-corrected chi connectivity index (χ2v) is 11.1. The number of hydrogen-bond donors (Lipinski definition) is 1. The first kappa shape index (κ1) is 29.1. The third-order valence-corrected chi connectivity index (χ3v) is 8.04. The van der Waals surface area contributed by atoms with Crippen molar-refractivity contribution >= 4 is 40.7 Å². The van der Waals surface area contributed by atoms with Gasteiger partial charge in [-0.1, -0.05) is 59.6 Å². The van der Waals surface area contributed by atoms with Crippen molar-refractivity contribution in [1.29, 1.82) is 0 Å². The summed E-state index contributed by atoms with van der Waals surface area (Å²) in [5.74, 6) is -1.02. The first-order chi connectivity index (χ1) is 19.8. The largest absolute Gasteiger partial charge is 0.507 e. The maximum atomic E-state index is 13.5. The van der Waals surface area contributed by atoms with Gasteiger partial charge in [-0.3, -0.25) is 14.5 Å². The number of aliphatic hydroxyl groups is 1. The number of rotatable bonds is 9. The van der Waals surface area contributed by atoms with E-state index < -0.39 is 17.7 Å². The van der Waals surface area contributed by atoms with Crippen molar-refractivity contribution < 1.29 is 24.2 Å². The van der Waals surface area contributed by atoms with E-state index in [1.165, 1.54) is 4.90 Å². The third kappa shape index (κ3) is 6.60. The predicted octanol–water partition coefficient (Wildman–Crippen LogP) is 6.02. The van der Waals surface area contributed by atoms with Crippen molar-refractivity contribution in [2.24, 2.45) is 0 Å². The number of halogens is 2. The zero-order chi connectivity index (χ0) is 28.9. The van der Waals surface area contributed by atoms with Gasteiger partial charge in [0.1, 0.15) is 18.1 Å². The fourth-order valence-corrected chi connectivity index (χ4v) is 5.84. The van der Waals surface area contributed by atoms with Crippen molar-refractivity contribution in [1.82, 2.24) is 9.80 Å². The van der Waals surface area contributed by atoms with Crippen molar-refractivity contribution in [3.63, 3.8) is 0 Å². The SMILES string of the molecule is Cc1cc(OCc2ccccc2)ccc1/C(O)=C1\C(=O)C(=O)N(CCCN2CCOCC2)C1c1ccc(Cl)cc1Cl. The highest BCUT2D eigenvalue weighted by Crippen LogP contribution is 2.43. The van der Waals surface area contributed by atoms with Crippen LogP contribution < -0.4 is 4.74 Å². The summed E-state index contributed by atoms with van der Waals surface area (Å²) >= 11 is 12.8. The molecule has 214 valence electrons. The molecule has 0 saturated carbocycles. The number of carbonyl (C=O) groups is 2. The van der Waals surface area contributed by atoms with E-state index in [0.717, 1.165) is 25.2 Å². The minimum absolute atomic E-state index is 0.00616. The number of amides is 1. The van der Waals surface area contributed by atoms with Crippen LogP contribution in [0.15, 0.2) is 72.3 Å². The van der Waals surface area contributed by atoms with Crippen LogP contribution in [0.1, 0.15) is 34.7 Å². The number of benzene rings is 3. The Hall–Kier alpha value is -3.36. The van der Waals surface area contributed by atoms with E-state index in [2.05, 4.69) is 4.90 Å². The molecule has 1 amide bonds. The van der Waals surface area contributed by atoms with E-state index in [4.69, 9.17) is 32.7 Å². The lowest BCUT2D eigenvalue weighted by Crippen LogP contribution is -2.39. The zero-order valence-electron chi connectivity index (χ0n) is 22.8. The lowest BCUT2D eigenvalue weighted by atomic mass is 9.93. The lowest BCUT2D eigenvalue weighted by molar-refractivity contribution is -0.140. The van der Waals surface area contributed by atoms with E-state index >= 15 is 0 Å². The fourth-order valence-electron chi connectivity index (χ4n) is 5.32. The molecule has 3 aromatic carbocycles. The minimum Gasteiger partial charge on any atom is -0.507 e. The van der Waals surface area contributed by atoms with Crippen LogP contribution in [0.3, 0.4) is 0 Å². The number of aryl methyl sites for hydroxylation is 1. The van der Waals surface area contributed by atoms with E-state index in [1.807, 2.05) is 37.3 Å². The summed E-state index contributed by atoms with van der Waals surface area (Å²) < 4.78 is 11.4. The Bertz CT molecular complexity index is 1450. The molecule has 5 rings (SSSR count). The molecule has 1 N–H and O–H groups in total. The Kier molecular flexibility index (Phi) is 9.30. The third-order valence-electron chi connectivity index (χ3n) is 7.48. The van der Waals surface area contributed by atoms with E-state index in [9.17, 15) is 14.7 Å². The van der Waals surface area contributed by atoms with Crippen molar-refractivity contribution in [2.45, 2.75) is 26.0 Å². The molecule has 7 nitrogen and oxygen atoms in total. The van der Waals surface area contributed by atoms with Gasteiger partial charge in [-0.05, 0) is 60.4 Å². The molecule has 2 aliphatic rings. The smallest absolute Gasteiger partial charge is 0.295 e. The fraction of sp³-hybridized carbons (Fsp3) is 0.312. The standard InChI is InChI=1S/C32H32Cl2N2O5/c1-21-18-24(41-20-22-6-3-2-4-7-22)9-11-25(21)30(37)28-29(26-10-8-23(33)19-27(26)34)36(32(39)31(28)38)13-5-12-35-14-16-40-17-15-35/h2-4,6-11,18-19,29,37H,5,12-17,20H2,1H3/b30-28+. The molecular formula is C32H32Cl2N2O5. The highest BCUT2D eigenvalue weighted by molar-refractivity contribution is 6.47.